The van der Waals surface area contributed by atoms with E-state index in [1.54, 1.807) is 0 Å². The van der Waals surface area contributed by atoms with E-state index in [2.05, 4.69) is 27.7 Å². The van der Waals surface area contributed by atoms with Crippen molar-refractivity contribution >= 4 is 0 Å². The average Bonchev–Trinajstić information content (AvgIpc) is 2.28. The lowest BCUT2D eigenvalue weighted by Gasteiger charge is -2.16. The molecule has 0 aromatic heterocycles. The molecule has 0 unspecified atom stereocenters. The number of hydrogen-bond acceptors (Lipinski definition) is 1. The van der Waals surface area contributed by atoms with Gasteiger partial charge in [0.25, 0.3) is 0 Å². The number of hydrogen-bond donors (Lipinski definition) is 1. The van der Waals surface area contributed by atoms with Crippen LogP contribution in [0.25, 0.3) is 0 Å². The lowest BCUT2D eigenvalue weighted by Crippen LogP contribution is -2.13. The summed E-state index contributed by atoms with van der Waals surface area (Å²) in [6, 6.07) is 0. The van der Waals surface area contributed by atoms with Gasteiger partial charge in [0.05, 0.1) is 6.10 Å². The first-order chi connectivity index (χ1) is 7.97. The molecule has 0 amide bonds. The average molecular weight is 242 g/mol. The molecule has 0 spiro atoms. The molecule has 0 aromatic carbocycles. The lowest BCUT2D eigenvalue weighted by atomic mass is 9.91. The van der Waals surface area contributed by atoms with Crippen LogP contribution < -0.4 is 0 Å². The highest BCUT2D eigenvalue weighted by molar-refractivity contribution is 4.62. The molecule has 0 rings (SSSR count). The second-order valence-corrected chi connectivity index (χ2v) is 6.20. The van der Waals surface area contributed by atoms with Gasteiger partial charge in [-0.2, -0.15) is 0 Å². The van der Waals surface area contributed by atoms with Gasteiger partial charge in [-0.25, -0.2) is 0 Å². The van der Waals surface area contributed by atoms with Gasteiger partial charge in [-0.1, -0.05) is 66.2 Å². The Morgan fingerprint density at radius 2 is 1.24 bits per heavy atom. The monoisotopic (exact) mass is 242 g/mol. The number of aliphatic hydroxyl groups excluding tert-OH is 1. The van der Waals surface area contributed by atoms with Crippen LogP contribution in [0.3, 0.4) is 0 Å². The van der Waals surface area contributed by atoms with Crippen molar-refractivity contribution < 1.29 is 5.11 Å². The van der Waals surface area contributed by atoms with Crippen LogP contribution in [-0.2, 0) is 0 Å². The standard InChI is InChI=1S/C16H34O/c1-6-13(2)9-7-10-14(3)11-8-12-15(4)16(5)17/h13-17H,6-12H2,1-5H3/t13-,14+,15-,16+/m1/s1. The maximum Gasteiger partial charge on any atom is 0.0537 e. The molecule has 1 nitrogen and oxygen atoms in total. The minimum atomic E-state index is -0.143. The summed E-state index contributed by atoms with van der Waals surface area (Å²) < 4.78 is 0. The Kier molecular flexibility index (Phi) is 9.91. The van der Waals surface area contributed by atoms with Gasteiger partial charge in [0, 0.05) is 0 Å². The third-order valence-corrected chi connectivity index (χ3v) is 4.27. The van der Waals surface area contributed by atoms with Gasteiger partial charge in [0.1, 0.15) is 0 Å². The Morgan fingerprint density at radius 1 is 0.765 bits per heavy atom. The van der Waals surface area contributed by atoms with Crippen LogP contribution in [0.2, 0.25) is 0 Å². The van der Waals surface area contributed by atoms with Crippen molar-refractivity contribution in [1.82, 2.24) is 0 Å². The van der Waals surface area contributed by atoms with Crippen LogP contribution in [0.4, 0.5) is 0 Å². The summed E-state index contributed by atoms with van der Waals surface area (Å²) in [5.74, 6) is 2.22. The van der Waals surface area contributed by atoms with Crippen molar-refractivity contribution in [2.45, 2.75) is 85.7 Å². The second kappa shape index (κ2) is 9.94. The molecule has 4 atom stereocenters. The Labute approximate surface area is 109 Å². The highest BCUT2D eigenvalue weighted by Crippen LogP contribution is 2.20. The normalized spacial score (nSPS) is 18.7. The predicted molar refractivity (Wildman–Crippen MR) is 77.2 cm³/mol. The van der Waals surface area contributed by atoms with Crippen molar-refractivity contribution in [3.05, 3.63) is 0 Å². The third-order valence-electron chi connectivity index (χ3n) is 4.27. The summed E-state index contributed by atoms with van der Waals surface area (Å²) in [5.41, 5.74) is 0. The lowest BCUT2D eigenvalue weighted by molar-refractivity contribution is 0.127. The zero-order valence-corrected chi connectivity index (χ0v) is 12.7. The van der Waals surface area contributed by atoms with Crippen LogP contribution in [-0.4, -0.2) is 11.2 Å². The van der Waals surface area contributed by atoms with Crippen LogP contribution in [0.15, 0.2) is 0 Å². The first-order valence-electron chi connectivity index (χ1n) is 7.65. The minimum absolute atomic E-state index is 0.143. The van der Waals surface area contributed by atoms with E-state index >= 15 is 0 Å². The molecule has 1 N–H and O–H groups in total. The van der Waals surface area contributed by atoms with Crippen molar-refractivity contribution in [3.8, 4) is 0 Å². The van der Waals surface area contributed by atoms with Gasteiger partial charge in [0.15, 0.2) is 0 Å². The highest BCUT2D eigenvalue weighted by atomic mass is 16.3. The maximum absolute atomic E-state index is 9.42. The summed E-state index contributed by atoms with van der Waals surface area (Å²) in [6.45, 7) is 11.1. The van der Waals surface area contributed by atoms with E-state index in [0.29, 0.717) is 5.92 Å². The molecule has 0 aliphatic carbocycles. The van der Waals surface area contributed by atoms with Gasteiger partial charge < -0.3 is 5.11 Å². The largest absolute Gasteiger partial charge is 0.393 e. The summed E-state index contributed by atoms with van der Waals surface area (Å²) in [6.07, 6.45) is 9.12. The molecule has 0 saturated heterocycles. The number of aliphatic hydroxyl groups is 1. The fraction of sp³-hybridized carbons (Fsp3) is 1.00. The third kappa shape index (κ3) is 9.64. The van der Waals surface area contributed by atoms with Crippen LogP contribution in [0, 0.1) is 17.8 Å². The van der Waals surface area contributed by atoms with Crippen LogP contribution >= 0.6 is 0 Å². The molecular weight excluding hydrogens is 208 g/mol. The zero-order chi connectivity index (χ0) is 13.3. The summed E-state index contributed by atoms with van der Waals surface area (Å²) in [7, 11) is 0. The Balaban J connectivity index is 3.43. The molecule has 0 fully saturated rings. The summed E-state index contributed by atoms with van der Waals surface area (Å²) in [5, 5.41) is 9.42. The van der Waals surface area contributed by atoms with E-state index in [1.807, 2.05) is 6.92 Å². The van der Waals surface area contributed by atoms with Crippen molar-refractivity contribution in [1.29, 1.82) is 0 Å². The predicted octanol–water partition coefficient (Wildman–Crippen LogP) is 5.03. The molecule has 104 valence electrons. The highest BCUT2D eigenvalue weighted by Gasteiger charge is 2.09. The minimum Gasteiger partial charge on any atom is -0.393 e. The van der Waals surface area contributed by atoms with Crippen molar-refractivity contribution in [3.63, 3.8) is 0 Å². The molecule has 0 bridgehead atoms. The molecule has 0 saturated carbocycles. The first-order valence-corrected chi connectivity index (χ1v) is 7.65. The van der Waals surface area contributed by atoms with Crippen LogP contribution in [0.5, 0.6) is 0 Å². The summed E-state index contributed by atoms with van der Waals surface area (Å²) in [4.78, 5) is 0. The molecule has 0 heterocycles. The topological polar surface area (TPSA) is 20.2 Å². The van der Waals surface area contributed by atoms with Gasteiger partial charge in [0.2, 0.25) is 0 Å². The zero-order valence-electron chi connectivity index (χ0n) is 12.7. The smallest absolute Gasteiger partial charge is 0.0537 e. The van der Waals surface area contributed by atoms with Gasteiger partial charge in [-0.05, 0) is 31.1 Å². The van der Waals surface area contributed by atoms with Crippen LogP contribution in [0.1, 0.15) is 79.6 Å². The van der Waals surface area contributed by atoms with Gasteiger partial charge >= 0.3 is 0 Å². The Hall–Kier alpha value is -0.0400. The van der Waals surface area contributed by atoms with Gasteiger partial charge in [-0.3, -0.25) is 0 Å². The SMILES string of the molecule is CC[C@@H](C)CCC[C@H](C)CCC[C@@H](C)[C@H](C)O. The maximum atomic E-state index is 9.42. The molecular formula is C16H34O. The number of rotatable bonds is 10. The fourth-order valence-corrected chi connectivity index (χ4v) is 2.19. The molecule has 0 radical (unpaired) electrons. The Morgan fingerprint density at radius 3 is 1.71 bits per heavy atom. The quantitative estimate of drug-likeness (QED) is 0.570. The van der Waals surface area contributed by atoms with Crippen molar-refractivity contribution in [2.75, 3.05) is 0 Å². The fourth-order valence-electron chi connectivity index (χ4n) is 2.19. The van der Waals surface area contributed by atoms with E-state index in [4.69, 9.17) is 0 Å². The first kappa shape index (κ1) is 17.0. The van der Waals surface area contributed by atoms with E-state index in [0.717, 1.165) is 11.8 Å². The Bertz CT molecular complexity index is 165. The summed E-state index contributed by atoms with van der Waals surface area (Å²) >= 11 is 0. The molecule has 0 aromatic rings. The van der Waals surface area contributed by atoms with E-state index in [9.17, 15) is 5.11 Å². The van der Waals surface area contributed by atoms with Crippen molar-refractivity contribution in [2.24, 2.45) is 17.8 Å². The molecule has 1 heteroatoms. The molecule has 17 heavy (non-hydrogen) atoms. The van der Waals surface area contributed by atoms with E-state index < -0.39 is 0 Å². The van der Waals surface area contributed by atoms with E-state index in [1.165, 1.54) is 44.9 Å². The second-order valence-electron chi connectivity index (χ2n) is 6.20. The molecule has 0 aliphatic heterocycles. The van der Waals surface area contributed by atoms with E-state index in [-0.39, 0.29) is 6.10 Å². The molecule has 0 aliphatic rings. The van der Waals surface area contributed by atoms with Gasteiger partial charge in [-0.15, -0.1) is 0 Å².